The van der Waals surface area contributed by atoms with Gasteiger partial charge < -0.3 is 9.42 Å². The Morgan fingerprint density at radius 2 is 1.70 bits per heavy atom. The van der Waals surface area contributed by atoms with Crippen molar-refractivity contribution in [3.8, 4) is 11.5 Å². The van der Waals surface area contributed by atoms with Crippen molar-refractivity contribution < 1.29 is 30.9 Å². The summed E-state index contributed by atoms with van der Waals surface area (Å²) >= 11 is 0. The Morgan fingerprint density at radius 1 is 1.00 bits per heavy atom. The molecule has 0 saturated carbocycles. The van der Waals surface area contributed by atoms with Crippen LogP contribution in [0.3, 0.4) is 0 Å². The fourth-order valence-corrected chi connectivity index (χ4v) is 2.69. The molecule has 0 unspecified atom stereocenters. The first-order chi connectivity index (χ1) is 14.1. The average Bonchev–Trinajstić information content (AvgIpc) is 3.14. The number of alkyl halides is 6. The second-order valence-corrected chi connectivity index (χ2v) is 6.16. The highest BCUT2D eigenvalue weighted by Gasteiger charge is 2.36. The zero-order valence-electron chi connectivity index (χ0n) is 15.0. The molecule has 0 N–H and O–H groups in total. The maximum atomic E-state index is 13.2. The van der Waals surface area contributed by atoms with Gasteiger partial charge in [-0.1, -0.05) is 29.4 Å². The van der Waals surface area contributed by atoms with Crippen molar-refractivity contribution in [3.63, 3.8) is 0 Å². The number of rotatable bonds is 5. The first-order valence-electron chi connectivity index (χ1n) is 8.35. The molecule has 0 aliphatic carbocycles. The van der Waals surface area contributed by atoms with Crippen molar-refractivity contribution in [1.29, 1.82) is 0 Å². The molecule has 3 rings (SSSR count). The largest absolute Gasteiger partial charge is 0.407 e. The molecule has 0 aliphatic heterocycles. The van der Waals surface area contributed by atoms with Crippen LogP contribution in [0.1, 0.15) is 11.4 Å². The minimum absolute atomic E-state index is 0.0666. The maximum Gasteiger partial charge on any atom is 0.407 e. The van der Waals surface area contributed by atoms with Crippen molar-refractivity contribution in [2.45, 2.75) is 18.9 Å². The van der Waals surface area contributed by atoms with E-state index in [0.717, 1.165) is 12.1 Å². The number of hydrogen-bond donors (Lipinski definition) is 0. The van der Waals surface area contributed by atoms with Gasteiger partial charge in [-0.15, -0.1) is 0 Å². The van der Waals surface area contributed by atoms with E-state index in [4.69, 9.17) is 11.1 Å². The first-order valence-corrected chi connectivity index (χ1v) is 8.35. The van der Waals surface area contributed by atoms with Gasteiger partial charge in [-0.05, 0) is 24.3 Å². The summed E-state index contributed by atoms with van der Waals surface area (Å²) in [5.74, 6) is -0.0715. The first kappa shape index (κ1) is 21.2. The number of hydrogen-bond acceptors (Lipinski definition) is 4. The van der Waals surface area contributed by atoms with E-state index in [9.17, 15) is 26.3 Å². The van der Waals surface area contributed by atoms with Crippen LogP contribution < -0.4 is 4.90 Å². The van der Waals surface area contributed by atoms with Crippen molar-refractivity contribution >= 4 is 11.4 Å². The Labute approximate surface area is 166 Å². The van der Waals surface area contributed by atoms with Crippen molar-refractivity contribution in [3.05, 3.63) is 71.3 Å². The van der Waals surface area contributed by atoms with Crippen LogP contribution in [-0.4, -0.2) is 22.9 Å². The molecule has 0 saturated heterocycles. The molecule has 30 heavy (non-hydrogen) atoms. The molecule has 0 bridgehead atoms. The van der Waals surface area contributed by atoms with Gasteiger partial charge in [0.15, 0.2) is 11.5 Å². The summed E-state index contributed by atoms with van der Waals surface area (Å²) in [7, 11) is 0. The van der Waals surface area contributed by atoms with Gasteiger partial charge in [0.2, 0.25) is 0 Å². The topological polar surface area (TPSA) is 46.5 Å². The number of benzene rings is 2. The van der Waals surface area contributed by atoms with Crippen LogP contribution in [0.4, 0.5) is 37.7 Å². The van der Waals surface area contributed by atoms with Crippen LogP contribution in [0.15, 0.2) is 53.1 Å². The summed E-state index contributed by atoms with van der Waals surface area (Å²) in [5.41, 5.74) is -1.86. The quantitative estimate of drug-likeness (QED) is 0.378. The van der Waals surface area contributed by atoms with Gasteiger partial charge in [-0.2, -0.15) is 31.3 Å². The average molecular weight is 426 g/mol. The molecule has 1 heterocycles. The summed E-state index contributed by atoms with van der Waals surface area (Å²) in [4.78, 5) is 7.45. The van der Waals surface area contributed by atoms with Crippen LogP contribution in [0.25, 0.3) is 16.3 Å². The summed E-state index contributed by atoms with van der Waals surface area (Å²) in [6.07, 6.45) is -9.60. The zero-order chi connectivity index (χ0) is 21.9. The van der Waals surface area contributed by atoms with Gasteiger partial charge in [-0.25, -0.2) is 4.85 Å². The lowest BCUT2D eigenvalue weighted by atomic mass is 10.1. The van der Waals surface area contributed by atoms with E-state index in [0.29, 0.717) is 16.5 Å². The fraction of sp³-hybridized carbons (Fsp3) is 0.211. The number of aromatic nitrogens is 2. The fourth-order valence-electron chi connectivity index (χ4n) is 2.69. The minimum atomic E-state index is -4.90. The Bertz CT molecular complexity index is 1050. The standard InChI is InChI=1S/C19H12F6N4O/c1-26-15-8-7-13(9-14(15)19(23,24)25)29(11-18(20,21)22)10-16-27-17(30-28-16)12-5-3-2-4-6-12/h2-9H,10-11H2. The normalized spacial score (nSPS) is 11.9. The predicted molar refractivity (Wildman–Crippen MR) is 94.5 cm³/mol. The molecule has 0 atom stereocenters. The molecule has 11 heteroatoms. The summed E-state index contributed by atoms with van der Waals surface area (Å²) < 4.78 is 83.9. The molecule has 2 aromatic carbocycles. The third kappa shape index (κ3) is 5.08. The van der Waals surface area contributed by atoms with E-state index in [1.807, 2.05) is 0 Å². The van der Waals surface area contributed by atoms with Crippen molar-refractivity contribution in [1.82, 2.24) is 10.1 Å². The molecule has 0 spiro atoms. The minimum Gasteiger partial charge on any atom is -0.355 e. The molecule has 0 fully saturated rings. The van der Waals surface area contributed by atoms with Crippen molar-refractivity contribution in [2.75, 3.05) is 11.4 Å². The van der Waals surface area contributed by atoms with Gasteiger partial charge in [0.05, 0.1) is 18.7 Å². The highest BCUT2D eigenvalue weighted by molar-refractivity contribution is 5.62. The summed E-state index contributed by atoms with van der Waals surface area (Å²) in [6, 6.07) is 10.8. The van der Waals surface area contributed by atoms with Crippen LogP contribution in [0, 0.1) is 6.57 Å². The van der Waals surface area contributed by atoms with E-state index >= 15 is 0 Å². The number of halogens is 6. The third-order valence-corrected chi connectivity index (χ3v) is 3.96. The summed E-state index contributed by atoms with van der Waals surface area (Å²) in [5, 5.41) is 3.63. The van der Waals surface area contributed by atoms with Gasteiger partial charge >= 0.3 is 12.4 Å². The predicted octanol–water partition coefficient (Wildman–Crippen LogP) is 5.88. The second-order valence-electron chi connectivity index (χ2n) is 6.16. The molecule has 0 aliphatic rings. The number of nitrogens with zero attached hydrogens (tertiary/aromatic N) is 4. The van der Waals surface area contributed by atoms with Gasteiger partial charge in [0, 0.05) is 11.3 Å². The Hall–Kier alpha value is -3.55. The van der Waals surface area contributed by atoms with Crippen molar-refractivity contribution in [2.24, 2.45) is 0 Å². The molecule has 5 nitrogen and oxygen atoms in total. The Morgan fingerprint density at radius 3 is 2.30 bits per heavy atom. The Balaban J connectivity index is 1.95. The second kappa shape index (κ2) is 8.06. The van der Waals surface area contributed by atoms with Crippen LogP contribution in [-0.2, 0) is 12.7 Å². The Kier molecular flexibility index (Phi) is 5.69. The molecular formula is C19H12F6N4O. The van der Waals surface area contributed by atoms with E-state index in [1.165, 1.54) is 0 Å². The monoisotopic (exact) mass is 426 g/mol. The third-order valence-electron chi connectivity index (χ3n) is 3.96. The van der Waals surface area contributed by atoms with E-state index in [1.54, 1.807) is 30.3 Å². The van der Waals surface area contributed by atoms with E-state index in [2.05, 4.69) is 15.0 Å². The highest BCUT2D eigenvalue weighted by Crippen LogP contribution is 2.39. The molecule has 3 aromatic rings. The van der Waals surface area contributed by atoms with E-state index in [-0.39, 0.29) is 17.4 Å². The van der Waals surface area contributed by atoms with Crippen LogP contribution in [0.2, 0.25) is 0 Å². The molecule has 156 valence electrons. The van der Waals surface area contributed by atoms with E-state index < -0.39 is 36.7 Å². The van der Waals surface area contributed by atoms with Gasteiger partial charge in [0.25, 0.3) is 5.89 Å². The lowest BCUT2D eigenvalue weighted by Gasteiger charge is -2.25. The van der Waals surface area contributed by atoms with Crippen LogP contribution >= 0.6 is 0 Å². The highest BCUT2D eigenvalue weighted by atomic mass is 19.4. The molecule has 0 amide bonds. The number of anilines is 1. The molecule has 1 aromatic heterocycles. The lowest BCUT2D eigenvalue weighted by Crippen LogP contribution is -2.34. The lowest BCUT2D eigenvalue weighted by molar-refractivity contribution is -0.136. The SMILES string of the molecule is [C-]#[N+]c1ccc(N(Cc2noc(-c3ccccc3)n2)CC(F)(F)F)cc1C(F)(F)F. The summed E-state index contributed by atoms with van der Waals surface area (Å²) in [6.45, 7) is 4.75. The maximum absolute atomic E-state index is 13.2. The molecule has 0 radical (unpaired) electrons. The zero-order valence-corrected chi connectivity index (χ0v) is 15.0. The van der Waals surface area contributed by atoms with Crippen LogP contribution in [0.5, 0.6) is 0 Å². The smallest absolute Gasteiger partial charge is 0.355 e. The van der Waals surface area contributed by atoms with Gasteiger partial charge in [-0.3, -0.25) is 0 Å². The molecular weight excluding hydrogens is 414 g/mol. The van der Waals surface area contributed by atoms with Gasteiger partial charge in [0.1, 0.15) is 6.54 Å².